The van der Waals surface area contributed by atoms with Gasteiger partial charge in [0.05, 0.1) is 0 Å². The van der Waals surface area contributed by atoms with Crippen LogP contribution < -0.4 is 10.2 Å². The van der Waals surface area contributed by atoms with Crippen molar-refractivity contribution in [1.29, 1.82) is 0 Å². The molecule has 12 heteroatoms. The molecule has 1 saturated heterocycles. The third-order valence-electron chi connectivity index (χ3n) is 6.14. The molecular formula is C27H28F4N4O4. The zero-order valence-corrected chi connectivity index (χ0v) is 21.0. The van der Waals surface area contributed by atoms with E-state index in [0.717, 1.165) is 43.9 Å². The third-order valence-corrected chi connectivity index (χ3v) is 6.14. The molecule has 0 bridgehead atoms. The van der Waals surface area contributed by atoms with Crippen LogP contribution in [0.25, 0.3) is 0 Å². The highest BCUT2D eigenvalue weighted by Crippen LogP contribution is 2.24. The van der Waals surface area contributed by atoms with E-state index < -0.39 is 12.1 Å². The number of phenols is 1. The van der Waals surface area contributed by atoms with Crippen LogP contribution in [-0.4, -0.2) is 64.3 Å². The number of amides is 1. The zero-order valence-electron chi connectivity index (χ0n) is 21.0. The van der Waals surface area contributed by atoms with Crippen molar-refractivity contribution in [3.63, 3.8) is 0 Å². The first-order chi connectivity index (χ1) is 18.4. The number of hydrogen-bond acceptors (Lipinski definition) is 6. The van der Waals surface area contributed by atoms with Gasteiger partial charge in [0, 0.05) is 56.2 Å². The van der Waals surface area contributed by atoms with Gasteiger partial charge < -0.3 is 20.4 Å². The van der Waals surface area contributed by atoms with Crippen molar-refractivity contribution in [3.05, 3.63) is 83.8 Å². The second-order valence-electron chi connectivity index (χ2n) is 8.95. The van der Waals surface area contributed by atoms with Crippen molar-refractivity contribution in [2.24, 2.45) is 0 Å². The van der Waals surface area contributed by atoms with E-state index in [1.165, 1.54) is 24.3 Å². The first-order valence-corrected chi connectivity index (χ1v) is 12.0. The highest BCUT2D eigenvalue weighted by molar-refractivity contribution is 6.04. The Hall–Kier alpha value is -4.19. The topological polar surface area (TPSA) is 106 Å². The number of piperidine rings is 1. The molecule has 8 nitrogen and oxygen atoms in total. The van der Waals surface area contributed by atoms with Crippen molar-refractivity contribution in [2.45, 2.75) is 31.6 Å². The lowest BCUT2D eigenvalue weighted by Crippen LogP contribution is -2.43. The van der Waals surface area contributed by atoms with Gasteiger partial charge in [-0.1, -0.05) is 12.1 Å². The predicted molar refractivity (Wildman–Crippen MR) is 137 cm³/mol. The maximum absolute atomic E-state index is 13.1. The van der Waals surface area contributed by atoms with Gasteiger partial charge in [-0.25, -0.2) is 14.2 Å². The van der Waals surface area contributed by atoms with Gasteiger partial charge in [0.15, 0.2) is 0 Å². The lowest BCUT2D eigenvalue weighted by molar-refractivity contribution is -0.192. The Kier molecular flexibility index (Phi) is 9.83. The van der Waals surface area contributed by atoms with Gasteiger partial charge in [0.25, 0.3) is 5.91 Å². The fourth-order valence-corrected chi connectivity index (χ4v) is 4.06. The van der Waals surface area contributed by atoms with E-state index in [2.05, 4.69) is 20.1 Å². The molecule has 2 heterocycles. The van der Waals surface area contributed by atoms with E-state index in [0.29, 0.717) is 23.0 Å². The van der Waals surface area contributed by atoms with E-state index in [1.807, 2.05) is 31.3 Å². The average molecular weight is 549 g/mol. The summed E-state index contributed by atoms with van der Waals surface area (Å²) in [5, 5.41) is 19.6. The molecule has 1 aromatic heterocycles. The molecule has 39 heavy (non-hydrogen) atoms. The fraction of sp³-hybridized carbons (Fsp3) is 0.296. The zero-order chi connectivity index (χ0) is 28.6. The molecule has 4 rings (SSSR count). The van der Waals surface area contributed by atoms with Crippen molar-refractivity contribution >= 4 is 23.4 Å². The highest BCUT2D eigenvalue weighted by Gasteiger charge is 2.38. The quantitative estimate of drug-likeness (QED) is 0.376. The van der Waals surface area contributed by atoms with Crippen molar-refractivity contribution in [3.8, 4) is 5.75 Å². The SMILES string of the molecule is CN(c1cc(NC(=O)c2ccc(F)cc2)ccn1)C1CCN(Cc2cccc(O)c2)CC1.O=C(O)C(F)(F)F. The standard InChI is InChI=1S/C25H27FN4O2.C2HF3O2/c1-29(22-10-13-30(14-11-22)17-18-3-2-4-23(31)15-18)24-16-21(9-12-27-24)28-25(32)19-5-7-20(26)8-6-19;3-2(4,5)1(6)7/h2-9,12,15-16,22,31H,10-11,13-14,17H2,1H3,(H,27,28,32);(H,6,7). The number of aromatic hydroxyl groups is 1. The number of phenolic OH excluding ortho intramolecular Hbond substituents is 1. The van der Waals surface area contributed by atoms with Gasteiger partial charge in [-0.3, -0.25) is 9.69 Å². The molecule has 1 aliphatic rings. The van der Waals surface area contributed by atoms with E-state index in [-0.39, 0.29) is 11.7 Å². The molecule has 3 N–H and O–H groups in total. The lowest BCUT2D eigenvalue weighted by atomic mass is 10.0. The number of hydrogen-bond donors (Lipinski definition) is 3. The molecule has 0 aliphatic carbocycles. The number of nitrogens with zero attached hydrogens (tertiary/aromatic N) is 3. The minimum atomic E-state index is -5.08. The van der Waals surface area contributed by atoms with Crippen molar-refractivity contribution < 1.29 is 37.4 Å². The van der Waals surface area contributed by atoms with Crippen LogP contribution in [0.4, 0.5) is 29.1 Å². The molecule has 3 aromatic rings. The summed E-state index contributed by atoms with van der Waals surface area (Å²) in [6.07, 6.45) is -1.39. The number of carbonyl (C=O) groups excluding carboxylic acids is 1. The van der Waals surface area contributed by atoms with Gasteiger partial charge in [0.1, 0.15) is 17.4 Å². The summed E-state index contributed by atoms with van der Waals surface area (Å²) in [7, 11) is 2.03. The van der Waals surface area contributed by atoms with E-state index in [1.54, 1.807) is 18.3 Å². The summed E-state index contributed by atoms with van der Waals surface area (Å²) < 4.78 is 44.8. The molecule has 208 valence electrons. The van der Waals surface area contributed by atoms with Crippen LogP contribution in [0.3, 0.4) is 0 Å². The lowest BCUT2D eigenvalue weighted by Gasteiger charge is -2.37. The number of anilines is 2. The third kappa shape index (κ3) is 8.95. The minimum absolute atomic E-state index is 0.287. The molecule has 0 radical (unpaired) electrons. The Bertz CT molecular complexity index is 1260. The second-order valence-corrected chi connectivity index (χ2v) is 8.95. The van der Waals surface area contributed by atoms with Crippen LogP contribution in [0.5, 0.6) is 5.75 Å². The summed E-state index contributed by atoms with van der Waals surface area (Å²) in [6, 6.07) is 16.8. The van der Waals surface area contributed by atoms with Crippen LogP contribution in [0, 0.1) is 5.82 Å². The number of likely N-dealkylation sites (tertiary alicyclic amines) is 1. The minimum Gasteiger partial charge on any atom is -0.508 e. The number of carbonyl (C=O) groups is 2. The molecule has 1 fully saturated rings. The van der Waals surface area contributed by atoms with Crippen molar-refractivity contribution in [2.75, 3.05) is 30.4 Å². The number of aromatic nitrogens is 1. The van der Waals surface area contributed by atoms with E-state index >= 15 is 0 Å². The summed E-state index contributed by atoms with van der Waals surface area (Å²) in [4.78, 5) is 30.4. The Balaban J connectivity index is 0.000000532. The summed E-state index contributed by atoms with van der Waals surface area (Å²) in [5.74, 6) is -2.32. The van der Waals surface area contributed by atoms with Crippen LogP contribution in [-0.2, 0) is 11.3 Å². The number of rotatable bonds is 6. The van der Waals surface area contributed by atoms with Crippen molar-refractivity contribution in [1.82, 2.24) is 9.88 Å². The maximum atomic E-state index is 13.1. The molecule has 1 amide bonds. The smallest absolute Gasteiger partial charge is 0.490 e. The van der Waals surface area contributed by atoms with Crippen LogP contribution >= 0.6 is 0 Å². The number of halogens is 4. The Morgan fingerprint density at radius 1 is 1.08 bits per heavy atom. The molecule has 0 unspecified atom stereocenters. The Morgan fingerprint density at radius 2 is 1.72 bits per heavy atom. The number of carboxylic acids is 1. The van der Waals surface area contributed by atoms with E-state index in [4.69, 9.17) is 9.90 Å². The fourth-order valence-electron chi connectivity index (χ4n) is 4.06. The first kappa shape index (κ1) is 29.4. The average Bonchev–Trinajstić information content (AvgIpc) is 2.89. The van der Waals surface area contributed by atoms with Crippen LogP contribution in [0.2, 0.25) is 0 Å². The number of pyridine rings is 1. The van der Waals surface area contributed by atoms with Gasteiger partial charge in [-0.2, -0.15) is 13.2 Å². The number of nitrogens with one attached hydrogen (secondary N) is 1. The van der Waals surface area contributed by atoms with Gasteiger partial charge in [0.2, 0.25) is 0 Å². The number of carboxylic acid groups (broad SMARTS) is 1. The number of benzene rings is 2. The summed E-state index contributed by atoms with van der Waals surface area (Å²) in [5.41, 5.74) is 2.16. The predicted octanol–water partition coefficient (Wildman–Crippen LogP) is 4.91. The Morgan fingerprint density at radius 3 is 2.31 bits per heavy atom. The van der Waals surface area contributed by atoms with Crippen LogP contribution in [0.15, 0.2) is 66.9 Å². The largest absolute Gasteiger partial charge is 0.508 e. The number of aliphatic carboxylic acids is 1. The normalized spacial score (nSPS) is 14.2. The summed E-state index contributed by atoms with van der Waals surface area (Å²) in [6.45, 7) is 2.76. The monoisotopic (exact) mass is 548 g/mol. The summed E-state index contributed by atoms with van der Waals surface area (Å²) >= 11 is 0. The Labute approximate surface area is 222 Å². The first-order valence-electron chi connectivity index (χ1n) is 12.0. The molecule has 0 atom stereocenters. The van der Waals surface area contributed by atoms with Gasteiger partial charge in [-0.05, 0) is 60.9 Å². The molecular weight excluding hydrogens is 520 g/mol. The highest BCUT2D eigenvalue weighted by atomic mass is 19.4. The molecule has 0 spiro atoms. The maximum Gasteiger partial charge on any atom is 0.490 e. The van der Waals surface area contributed by atoms with E-state index in [9.17, 15) is 27.5 Å². The van der Waals surface area contributed by atoms with Crippen LogP contribution in [0.1, 0.15) is 28.8 Å². The molecule has 0 saturated carbocycles. The van der Waals surface area contributed by atoms with Gasteiger partial charge in [-0.15, -0.1) is 0 Å². The molecule has 1 aliphatic heterocycles. The molecule has 2 aromatic carbocycles. The van der Waals surface area contributed by atoms with Gasteiger partial charge >= 0.3 is 12.1 Å². The number of alkyl halides is 3. The second kappa shape index (κ2) is 13.1.